The molecule has 0 spiro atoms. The molecule has 4 atom stereocenters. The minimum atomic E-state index is -0.783. The number of ether oxygens (including phenoxy) is 2. The number of hydrogen-bond donors (Lipinski definition) is 2. The maximum absolute atomic E-state index is 12.0. The molecule has 1 saturated heterocycles. The van der Waals surface area contributed by atoms with Crippen molar-refractivity contribution in [3.05, 3.63) is 27.7 Å². The van der Waals surface area contributed by atoms with Crippen molar-refractivity contribution >= 4 is 11.8 Å². The summed E-state index contributed by atoms with van der Waals surface area (Å²) in [4.78, 5) is 38.1. The fraction of sp³-hybridized carbons (Fsp3) is 0.643. The van der Waals surface area contributed by atoms with Gasteiger partial charge in [-0.1, -0.05) is 19.0 Å². The Bertz CT molecular complexity index is 661. The third-order valence-corrected chi connectivity index (χ3v) is 3.85. The molecule has 1 aliphatic rings. The molecule has 0 saturated carbocycles. The van der Waals surface area contributed by atoms with E-state index in [2.05, 4.69) is 10.2 Å². The molecule has 1 unspecified atom stereocenters. The number of nitrogen functional groups attached to an aromatic ring is 1. The first kappa shape index (κ1) is 18.0. The Hall–Kier alpha value is -2.33. The van der Waals surface area contributed by atoms with E-state index in [1.807, 2.05) is 0 Å². The number of rotatable bonds is 6. The zero-order chi connectivity index (χ0) is 17.9. The van der Waals surface area contributed by atoms with E-state index >= 15 is 0 Å². The number of hydrogen-bond acceptors (Lipinski definition) is 9. The highest BCUT2D eigenvalue weighted by molar-refractivity contribution is 5.76. The minimum Gasteiger partial charge on any atom is -0.458 e. The smallest absolute Gasteiger partial charge is 0.351 e. The van der Waals surface area contributed by atoms with Crippen LogP contribution in [0, 0.1) is 10.8 Å². The maximum atomic E-state index is 12.0. The highest BCUT2D eigenvalue weighted by atomic mass is 16.6. The number of carbonyl (C=O) groups excluding carboxylic acids is 1. The average molecular weight is 339 g/mol. The largest absolute Gasteiger partial charge is 0.458 e. The lowest BCUT2D eigenvalue weighted by Gasteiger charge is -2.20. The number of nitroso groups, excluding NO2 is 1. The van der Waals surface area contributed by atoms with E-state index in [0.29, 0.717) is 0 Å². The number of carbonyl (C=O) groups is 1. The van der Waals surface area contributed by atoms with Gasteiger partial charge in [0.2, 0.25) is 0 Å². The zero-order valence-corrected chi connectivity index (χ0v) is 13.5. The number of aromatic nitrogens is 2. The van der Waals surface area contributed by atoms with Crippen molar-refractivity contribution in [1.29, 1.82) is 0 Å². The van der Waals surface area contributed by atoms with Gasteiger partial charge in [0.1, 0.15) is 36.8 Å². The second kappa shape index (κ2) is 7.49. The van der Waals surface area contributed by atoms with Gasteiger partial charge in [0.25, 0.3) is 0 Å². The van der Waals surface area contributed by atoms with Crippen molar-refractivity contribution in [2.45, 2.75) is 44.7 Å². The van der Waals surface area contributed by atoms with Gasteiger partial charge < -0.3 is 20.9 Å². The Labute approximate surface area is 138 Å². The van der Waals surface area contributed by atoms with Crippen LogP contribution in [0.3, 0.4) is 0 Å². The third-order valence-electron chi connectivity index (χ3n) is 3.85. The van der Waals surface area contributed by atoms with Crippen LogP contribution in [0.25, 0.3) is 0 Å². The van der Waals surface area contributed by atoms with Crippen LogP contribution in [0.5, 0.6) is 0 Å². The van der Waals surface area contributed by atoms with Gasteiger partial charge in [-0.3, -0.25) is 9.36 Å². The van der Waals surface area contributed by atoms with E-state index in [4.69, 9.17) is 20.9 Å². The maximum Gasteiger partial charge on any atom is 0.351 e. The molecule has 10 heteroatoms. The fourth-order valence-electron chi connectivity index (χ4n) is 2.38. The van der Waals surface area contributed by atoms with E-state index in [-0.39, 0.29) is 24.7 Å². The molecule has 4 N–H and O–H groups in total. The van der Waals surface area contributed by atoms with Crippen LogP contribution in [0.4, 0.5) is 5.82 Å². The van der Waals surface area contributed by atoms with Gasteiger partial charge in [0, 0.05) is 12.6 Å². The molecular weight excluding hydrogens is 318 g/mol. The summed E-state index contributed by atoms with van der Waals surface area (Å²) in [5, 5.41) is 2.80. The van der Waals surface area contributed by atoms with Gasteiger partial charge in [-0.15, -0.1) is 0 Å². The monoisotopic (exact) mass is 339 g/mol. The van der Waals surface area contributed by atoms with Crippen LogP contribution in [0.1, 0.15) is 26.5 Å². The Kier molecular flexibility index (Phi) is 5.62. The Morgan fingerprint density at radius 1 is 1.58 bits per heavy atom. The van der Waals surface area contributed by atoms with E-state index in [1.165, 1.54) is 16.8 Å². The van der Waals surface area contributed by atoms with Crippen molar-refractivity contribution in [2.24, 2.45) is 16.8 Å². The van der Waals surface area contributed by atoms with Crippen LogP contribution in [0.15, 0.2) is 22.2 Å². The van der Waals surface area contributed by atoms with Gasteiger partial charge in [0.15, 0.2) is 0 Å². The third kappa shape index (κ3) is 3.95. The Balaban J connectivity index is 2.15. The molecule has 1 aliphatic heterocycles. The quantitative estimate of drug-likeness (QED) is 0.532. The number of esters is 1. The van der Waals surface area contributed by atoms with Crippen LogP contribution < -0.4 is 17.2 Å². The van der Waals surface area contributed by atoms with Crippen LogP contribution in [0.2, 0.25) is 0 Å². The number of nitrogens with two attached hydrogens (primary N) is 2. The summed E-state index contributed by atoms with van der Waals surface area (Å²) in [6.45, 7) is 3.39. The number of anilines is 1. The summed E-state index contributed by atoms with van der Waals surface area (Å²) in [5.41, 5.74) is 10.6. The fourth-order valence-corrected chi connectivity index (χ4v) is 2.38. The molecule has 0 bridgehead atoms. The van der Waals surface area contributed by atoms with Gasteiger partial charge in [-0.25, -0.2) is 4.79 Å². The van der Waals surface area contributed by atoms with Crippen LogP contribution >= 0.6 is 0 Å². The van der Waals surface area contributed by atoms with Crippen molar-refractivity contribution in [2.75, 3.05) is 12.3 Å². The van der Waals surface area contributed by atoms with Gasteiger partial charge >= 0.3 is 11.7 Å². The molecule has 2 heterocycles. The molecule has 0 amide bonds. The van der Waals surface area contributed by atoms with E-state index in [1.54, 1.807) is 13.8 Å². The molecule has 1 aromatic rings. The predicted octanol–water partition coefficient (Wildman–Crippen LogP) is -0.225. The first-order valence-corrected chi connectivity index (χ1v) is 7.58. The lowest BCUT2D eigenvalue weighted by molar-refractivity contribution is -0.154. The lowest BCUT2D eigenvalue weighted by Crippen LogP contribution is -2.41. The van der Waals surface area contributed by atoms with Crippen molar-refractivity contribution in [3.63, 3.8) is 0 Å². The topological polar surface area (TPSA) is 152 Å². The van der Waals surface area contributed by atoms with E-state index in [9.17, 15) is 14.5 Å². The second-order valence-electron chi connectivity index (χ2n) is 5.96. The molecular formula is C14H21N5O5. The molecule has 0 aliphatic carbocycles. The summed E-state index contributed by atoms with van der Waals surface area (Å²) in [6, 6.07) is 0.668. The van der Waals surface area contributed by atoms with E-state index in [0.717, 1.165) is 0 Å². The van der Waals surface area contributed by atoms with Crippen molar-refractivity contribution in [3.8, 4) is 0 Å². The highest BCUT2D eigenvalue weighted by Crippen LogP contribution is 2.30. The first-order valence-electron chi connectivity index (χ1n) is 7.58. The number of nitrogens with zero attached hydrogens (tertiary/aromatic N) is 3. The van der Waals surface area contributed by atoms with Gasteiger partial charge in [0.05, 0.1) is 0 Å². The van der Waals surface area contributed by atoms with Crippen LogP contribution in [-0.4, -0.2) is 40.3 Å². The SMILES string of the molecule is CC(C)[C@H](N)C(=O)OC1C[C@@H](n2ccc(N)nc2=O)O[C@H]1CN=O. The molecule has 2 rings (SSSR count). The van der Waals surface area contributed by atoms with Gasteiger partial charge in [-0.05, 0) is 12.0 Å². The normalized spacial score (nSPS) is 24.8. The average Bonchev–Trinajstić information content (AvgIpc) is 2.89. The summed E-state index contributed by atoms with van der Waals surface area (Å²) in [7, 11) is 0. The Morgan fingerprint density at radius 3 is 2.88 bits per heavy atom. The molecule has 10 nitrogen and oxygen atoms in total. The summed E-state index contributed by atoms with van der Waals surface area (Å²) in [5.74, 6) is -0.591. The minimum absolute atomic E-state index is 0.0891. The van der Waals surface area contributed by atoms with Crippen molar-refractivity contribution in [1.82, 2.24) is 9.55 Å². The molecule has 1 fully saturated rings. The van der Waals surface area contributed by atoms with Crippen LogP contribution in [-0.2, 0) is 14.3 Å². The van der Waals surface area contributed by atoms with Gasteiger partial charge in [-0.2, -0.15) is 9.89 Å². The molecule has 24 heavy (non-hydrogen) atoms. The summed E-state index contributed by atoms with van der Waals surface area (Å²) >= 11 is 0. The summed E-state index contributed by atoms with van der Waals surface area (Å²) in [6.07, 6.45) is -0.590. The molecule has 0 aromatic carbocycles. The molecule has 1 aromatic heterocycles. The van der Waals surface area contributed by atoms with Crippen molar-refractivity contribution < 1.29 is 14.3 Å². The predicted molar refractivity (Wildman–Crippen MR) is 84.8 cm³/mol. The Morgan fingerprint density at radius 2 is 2.29 bits per heavy atom. The zero-order valence-electron chi connectivity index (χ0n) is 13.5. The molecule has 132 valence electrons. The molecule has 0 radical (unpaired) electrons. The lowest BCUT2D eigenvalue weighted by atomic mass is 10.1. The second-order valence-corrected chi connectivity index (χ2v) is 5.96. The van der Waals surface area contributed by atoms with E-state index < -0.39 is 36.1 Å². The highest BCUT2D eigenvalue weighted by Gasteiger charge is 2.40. The first-order chi connectivity index (χ1) is 11.3. The summed E-state index contributed by atoms with van der Waals surface area (Å²) < 4.78 is 12.2. The standard InChI is InChI=1S/C14H21N5O5/c1-7(2)12(16)13(20)24-8-5-11(23-9(8)6-17-22)19-4-3-10(15)18-14(19)21/h3-4,7-9,11-12H,5-6,16H2,1-2H3,(H2,15,18,21)/t8?,9-,11-,12-/m0/s1.